The maximum absolute atomic E-state index is 10.7. The summed E-state index contributed by atoms with van der Waals surface area (Å²) in [5.41, 5.74) is 11.2. The molecule has 76 valence electrons. The Hall–Kier alpha value is -1.23. The molecule has 0 bridgehead atoms. The molecule has 1 aromatic carbocycles. The van der Waals surface area contributed by atoms with Crippen molar-refractivity contribution in [2.24, 2.45) is 5.73 Å². The Morgan fingerprint density at radius 3 is 2.71 bits per heavy atom. The highest BCUT2D eigenvalue weighted by atomic mass is 79.9. The third kappa shape index (κ3) is 2.63. The molecule has 1 atom stereocenters. The fraction of sp³-hybridized carbons (Fsp3) is 0.222. The van der Waals surface area contributed by atoms with E-state index in [0.29, 0.717) is 15.9 Å². The average molecular weight is 259 g/mol. The number of hydrogen-bond donors (Lipinski definition) is 2. The fourth-order valence-corrected chi connectivity index (χ4v) is 1.35. The average Bonchev–Trinajstić information content (AvgIpc) is 2.09. The van der Waals surface area contributed by atoms with Gasteiger partial charge in [-0.2, -0.15) is 0 Å². The minimum atomic E-state index is -0.657. The third-order valence-corrected chi connectivity index (χ3v) is 2.28. The van der Waals surface area contributed by atoms with Crippen LogP contribution in [0.25, 0.3) is 0 Å². The van der Waals surface area contributed by atoms with Crippen molar-refractivity contribution < 1.29 is 9.53 Å². The normalized spacial score (nSPS) is 12.1. The molecule has 4 nitrogen and oxygen atoms in total. The third-order valence-electron chi connectivity index (χ3n) is 1.66. The number of hydrogen-bond acceptors (Lipinski definition) is 3. The van der Waals surface area contributed by atoms with Crippen LogP contribution < -0.4 is 16.2 Å². The van der Waals surface area contributed by atoms with E-state index in [1.54, 1.807) is 25.1 Å². The van der Waals surface area contributed by atoms with Crippen molar-refractivity contribution in [1.82, 2.24) is 0 Å². The molecule has 5 heteroatoms. The molecule has 0 aliphatic heterocycles. The summed E-state index contributed by atoms with van der Waals surface area (Å²) in [6.07, 6.45) is -0.657. The zero-order valence-electron chi connectivity index (χ0n) is 7.66. The van der Waals surface area contributed by atoms with Crippen LogP contribution in [0, 0.1) is 0 Å². The Balaban J connectivity index is 2.82. The number of halogens is 1. The van der Waals surface area contributed by atoms with Gasteiger partial charge in [-0.25, -0.2) is 0 Å². The Kier molecular flexibility index (Phi) is 3.35. The van der Waals surface area contributed by atoms with E-state index in [0.717, 1.165) is 0 Å². The summed E-state index contributed by atoms with van der Waals surface area (Å²) < 4.78 is 5.98. The molecular weight excluding hydrogens is 248 g/mol. The molecule has 0 aliphatic rings. The number of anilines is 1. The van der Waals surface area contributed by atoms with Crippen LogP contribution in [0.1, 0.15) is 6.92 Å². The zero-order chi connectivity index (χ0) is 10.7. The highest BCUT2D eigenvalue weighted by molar-refractivity contribution is 9.10. The van der Waals surface area contributed by atoms with Crippen LogP contribution in [0.2, 0.25) is 0 Å². The molecule has 0 saturated heterocycles. The van der Waals surface area contributed by atoms with Crippen molar-refractivity contribution >= 4 is 27.5 Å². The second-order valence-electron chi connectivity index (χ2n) is 2.85. The lowest BCUT2D eigenvalue weighted by molar-refractivity contribution is -0.124. The largest absolute Gasteiger partial charge is 0.480 e. The first-order chi connectivity index (χ1) is 6.50. The van der Waals surface area contributed by atoms with Gasteiger partial charge in [-0.15, -0.1) is 0 Å². The monoisotopic (exact) mass is 258 g/mol. The SMILES string of the molecule is CC(Oc1ccc(N)cc1Br)C(N)=O. The lowest BCUT2D eigenvalue weighted by atomic mass is 10.3. The number of carbonyl (C=O) groups is 1. The second-order valence-corrected chi connectivity index (χ2v) is 3.71. The van der Waals surface area contributed by atoms with Gasteiger partial charge in [0.1, 0.15) is 5.75 Å². The van der Waals surface area contributed by atoms with Crippen LogP contribution in [-0.4, -0.2) is 12.0 Å². The van der Waals surface area contributed by atoms with Crippen LogP contribution in [0.5, 0.6) is 5.75 Å². The van der Waals surface area contributed by atoms with E-state index < -0.39 is 12.0 Å². The highest BCUT2D eigenvalue weighted by Crippen LogP contribution is 2.27. The van der Waals surface area contributed by atoms with Gasteiger partial charge in [0.25, 0.3) is 5.91 Å². The van der Waals surface area contributed by atoms with Gasteiger partial charge >= 0.3 is 0 Å². The Morgan fingerprint density at radius 2 is 2.21 bits per heavy atom. The molecule has 0 radical (unpaired) electrons. The fourth-order valence-electron chi connectivity index (χ4n) is 0.861. The number of amides is 1. The minimum absolute atomic E-state index is 0.506. The van der Waals surface area contributed by atoms with Crippen LogP contribution >= 0.6 is 15.9 Å². The molecule has 0 heterocycles. The molecule has 0 aliphatic carbocycles. The first kappa shape index (κ1) is 10.8. The van der Waals surface area contributed by atoms with E-state index >= 15 is 0 Å². The molecule has 14 heavy (non-hydrogen) atoms. The maximum Gasteiger partial charge on any atom is 0.258 e. The van der Waals surface area contributed by atoms with Crippen molar-refractivity contribution in [3.63, 3.8) is 0 Å². The lowest BCUT2D eigenvalue weighted by Gasteiger charge is -2.12. The Morgan fingerprint density at radius 1 is 1.57 bits per heavy atom. The van der Waals surface area contributed by atoms with Crippen molar-refractivity contribution in [2.45, 2.75) is 13.0 Å². The quantitative estimate of drug-likeness (QED) is 0.802. The smallest absolute Gasteiger partial charge is 0.258 e. The molecule has 4 N–H and O–H groups in total. The number of carbonyl (C=O) groups excluding carboxylic acids is 1. The molecule has 0 fully saturated rings. The van der Waals surface area contributed by atoms with Gasteiger partial charge in [0.2, 0.25) is 0 Å². The predicted octanol–water partition coefficient (Wildman–Crippen LogP) is 1.28. The summed E-state index contributed by atoms with van der Waals surface area (Å²) in [7, 11) is 0. The van der Waals surface area contributed by atoms with Gasteiger partial charge < -0.3 is 16.2 Å². The number of nitrogen functional groups attached to an aromatic ring is 1. The first-order valence-electron chi connectivity index (χ1n) is 4.01. The molecule has 0 saturated carbocycles. The number of ether oxygens (including phenoxy) is 1. The van der Waals surface area contributed by atoms with Crippen LogP contribution in [-0.2, 0) is 4.79 Å². The molecule has 1 aromatic rings. The summed E-state index contributed by atoms with van der Waals surface area (Å²) in [6, 6.07) is 5.07. The van der Waals surface area contributed by atoms with E-state index in [-0.39, 0.29) is 0 Å². The van der Waals surface area contributed by atoms with Crippen molar-refractivity contribution in [1.29, 1.82) is 0 Å². The molecule has 1 amide bonds. The van der Waals surface area contributed by atoms with E-state index in [1.807, 2.05) is 0 Å². The van der Waals surface area contributed by atoms with Crippen LogP contribution in [0.4, 0.5) is 5.69 Å². The summed E-state index contributed by atoms with van der Waals surface area (Å²) in [6.45, 7) is 1.59. The van der Waals surface area contributed by atoms with Gasteiger partial charge in [0, 0.05) is 5.69 Å². The van der Waals surface area contributed by atoms with Crippen molar-refractivity contribution in [3.8, 4) is 5.75 Å². The topological polar surface area (TPSA) is 78.3 Å². The van der Waals surface area contributed by atoms with Crippen LogP contribution in [0.15, 0.2) is 22.7 Å². The lowest BCUT2D eigenvalue weighted by Crippen LogP contribution is -2.30. The molecule has 1 rings (SSSR count). The van der Waals surface area contributed by atoms with Crippen molar-refractivity contribution in [2.75, 3.05) is 5.73 Å². The zero-order valence-corrected chi connectivity index (χ0v) is 9.24. The number of benzene rings is 1. The Bertz CT molecular complexity index is 355. The van der Waals surface area contributed by atoms with Gasteiger partial charge in [-0.1, -0.05) is 0 Å². The van der Waals surface area contributed by atoms with Crippen LogP contribution in [0.3, 0.4) is 0 Å². The van der Waals surface area contributed by atoms with E-state index in [4.69, 9.17) is 16.2 Å². The second kappa shape index (κ2) is 4.32. The summed E-state index contributed by atoms with van der Waals surface area (Å²) in [4.78, 5) is 10.7. The summed E-state index contributed by atoms with van der Waals surface area (Å²) in [5.74, 6) is 0.0409. The predicted molar refractivity (Wildman–Crippen MR) is 57.8 cm³/mol. The van der Waals surface area contributed by atoms with E-state index in [2.05, 4.69) is 15.9 Å². The van der Waals surface area contributed by atoms with Gasteiger partial charge in [0.05, 0.1) is 4.47 Å². The number of nitrogens with two attached hydrogens (primary N) is 2. The summed E-state index contributed by atoms with van der Waals surface area (Å²) in [5, 5.41) is 0. The van der Waals surface area contributed by atoms with E-state index in [9.17, 15) is 4.79 Å². The summed E-state index contributed by atoms with van der Waals surface area (Å²) >= 11 is 3.27. The van der Waals surface area contributed by atoms with E-state index in [1.165, 1.54) is 0 Å². The Labute approximate surface area is 90.3 Å². The molecule has 1 unspecified atom stereocenters. The standard InChI is InChI=1S/C9H11BrN2O2/c1-5(9(12)13)14-8-3-2-6(11)4-7(8)10/h2-5H,11H2,1H3,(H2,12,13). The molecular formula is C9H11BrN2O2. The maximum atomic E-state index is 10.7. The van der Waals surface area contributed by atoms with Gasteiger partial charge in [-0.3, -0.25) is 4.79 Å². The van der Waals surface area contributed by atoms with Crippen molar-refractivity contribution in [3.05, 3.63) is 22.7 Å². The first-order valence-corrected chi connectivity index (χ1v) is 4.81. The molecule has 0 spiro atoms. The van der Waals surface area contributed by atoms with Gasteiger partial charge in [0.15, 0.2) is 6.10 Å². The molecule has 0 aromatic heterocycles. The number of rotatable bonds is 3. The number of primary amides is 1. The minimum Gasteiger partial charge on any atom is -0.480 e. The van der Waals surface area contributed by atoms with Gasteiger partial charge in [-0.05, 0) is 41.1 Å². The highest BCUT2D eigenvalue weighted by Gasteiger charge is 2.11.